The number of aliphatic hydroxyl groups is 1. The molecule has 4 rings (SSSR count). The highest BCUT2D eigenvalue weighted by atomic mass is 16.3. The minimum atomic E-state index is -0.519. The summed E-state index contributed by atoms with van der Waals surface area (Å²) in [5.41, 5.74) is 4.01. The SMILES string of the molecule is CC(O)CNc1nc2ccccc2n1CC(=O)N(CCc1ccccc1)Cc1ccccc1. The third-order valence-electron chi connectivity index (χ3n) is 5.59. The minimum Gasteiger partial charge on any atom is -0.392 e. The van der Waals surface area contributed by atoms with E-state index in [1.807, 2.05) is 82.3 Å². The number of benzene rings is 3. The van der Waals surface area contributed by atoms with E-state index in [-0.39, 0.29) is 12.5 Å². The molecule has 0 aliphatic heterocycles. The van der Waals surface area contributed by atoms with Crippen LogP contribution in [0.1, 0.15) is 18.1 Å². The molecule has 1 unspecified atom stereocenters. The van der Waals surface area contributed by atoms with Gasteiger partial charge in [0.25, 0.3) is 0 Å². The summed E-state index contributed by atoms with van der Waals surface area (Å²) in [4.78, 5) is 20.1. The zero-order valence-corrected chi connectivity index (χ0v) is 18.9. The smallest absolute Gasteiger partial charge is 0.242 e. The van der Waals surface area contributed by atoms with Crippen molar-refractivity contribution in [2.45, 2.75) is 32.5 Å². The van der Waals surface area contributed by atoms with Crippen molar-refractivity contribution in [1.82, 2.24) is 14.5 Å². The Kier molecular flexibility index (Phi) is 7.37. The van der Waals surface area contributed by atoms with Crippen LogP contribution in [0, 0.1) is 0 Å². The highest BCUT2D eigenvalue weighted by Gasteiger charge is 2.19. The van der Waals surface area contributed by atoms with E-state index in [0.29, 0.717) is 25.6 Å². The average Bonchev–Trinajstić information content (AvgIpc) is 3.19. The molecular weight excluding hydrogens is 412 g/mol. The number of para-hydroxylation sites is 2. The van der Waals surface area contributed by atoms with Crippen molar-refractivity contribution in [3.05, 3.63) is 96.1 Å². The van der Waals surface area contributed by atoms with Crippen molar-refractivity contribution in [3.63, 3.8) is 0 Å². The van der Waals surface area contributed by atoms with Crippen LogP contribution in [0.15, 0.2) is 84.9 Å². The van der Waals surface area contributed by atoms with E-state index in [1.165, 1.54) is 5.56 Å². The molecule has 1 amide bonds. The number of imidazole rings is 1. The van der Waals surface area contributed by atoms with Crippen LogP contribution in [0.2, 0.25) is 0 Å². The molecule has 4 aromatic rings. The first-order valence-corrected chi connectivity index (χ1v) is 11.3. The standard InChI is InChI=1S/C27H30N4O2/c1-21(32)18-28-27-29-24-14-8-9-15-25(24)31(27)20-26(33)30(19-23-12-6-3-7-13-23)17-16-22-10-4-2-5-11-22/h2-15,21,32H,16-20H2,1H3,(H,28,29). The molecule has 0 saturated carbocycles. The first-order valence-electron chi connectivity index (χ1n) is 11.3. The van der Waals surface area contributed by atoms with E-state index in [0.717, 1.165) is 23.0 Å². The molecule has 0 aliphatic rings. The number of aliphatic hydroxyl groups excluding tert-OH is 1. The second kappa shape index (κ2) is 10.8. The van der Waals surface area contributed by atoms with E-state index >= 15 is 0 Å². The second-order valence-corrected chi connectivity index (χ2v) is 8.28. The molecule has 2 N–H and O–H groups in total. The Labute approximate surface area is 194 Å². The van der Waals surface area contributed by atoms with Crippen molar-refractivity contribution in [2.75, 3.05) is 18.4 Å². The summed E-state index contributed by atoms with van der Waals surface area (Å²) in [5, 5.41) is 12.9. The lowest BCUT2D eigenvalue weighted by molar-refractivity contribution is -0.132. The Morgan fingerprint density at radius 2 is 1.61 bits per heavy atom. The van der Waals surface area contributed by atoms with Crippen LogP contribution >= 0.6 is 0 Å². The molecule has 0 bridgehead atoms. The van der Waals surface area contributed by atoms with Crippen LogP contribution in [-0.4, -0.2) is 44.7 Å². The van der Waals surface area contributed by atoms with Crippen molar-refractivity contribution < 1.29 is 9.90 Å². The molecule has 1 aromatic heterocycles. The number of nitrogens with one attached hydrogen (secondary N) is 1. The highest BCUT2D eigenvalue weighted by Crippen LogP contribution is 2.20. The van der Waals surface area contributed by atoms with E-state index < -0.39 is 6.10 Å². The highest BCUT2D eigenvalue weighted by molar-refractivity contribution is 5.83. The van der Waals surface area contributed by atoms with Gasteiger partial charge in [0.2, 0.25) is 11.9 Å². The number of carbonyl (C=O) groups excluding carboxylic acids is 1. The van der Waals surface area contributed by atoms with Gasteiger partial charge in [0, 0.05) is 19.6 Å². The van der Waals surface area contributed by atoms with E-state index in [4.69, 9.17) is 0 Å². The van der Waals surface area contributed by atoms with Gasteiger partial charge < -0.3 is 19.9 Å². The van der Waals surface area contributed by atoms with E-state index in [1.54, 1.807) is 6.92 Å². The number of aromatic nitrogens is 2. The van der Waals surface area contributed by atoms with Gasteiger partial charge in [-0.2, -0.15) is 0 Å². The second-order valence-electron chi connectivity index (χ2n) is 8.28. The number of fused-ring (bicyclic) bond motifs is 1. The van der Waals surface area contributed by atoms with Crippen LogP contribution < -0.4 is 5.32 Å². The summed E-state index contributed by atoms with van der Waals surface area (Å²) in [6.45, 7) is 3.43. The summed E-state index contributed by atoms with van der Waals surface area (Å²) >= 11 is 0. The summed E-state index contributed by atoms with van der Waals surface area (Å²) in [6, 6.07) is 28.1. The number of carbonyl (C=O) groups is 1. The minimum absolute atomic E-state index is 0.0260. The maximum Gasteiger partial charge on any atom is 0.242 e. The molecule has 0 aliphatic carbocycles. The number of hydrogen-bond donors (Lipinski definition) is 2. The number of amides is 1. The summed E-state index contributed by atoms with van der Waals surface area (Å²) in [7, 11) is 0. The molecule has 6 heteroatoms. The lowest BCUT2D eigenvalue weighted by atomic mass is 10.1. The fraction of sp³-hybridized carbons (Fsp3) is 0.259. The first kappa shape index (κ1) is 22.6. The maximum atomic E-state index is 13.6. The summed E-state index contributed by atoms with van der Waals surface area (Å²) in [5.74, 6) is 0.617. The van der Waals surface area contributed by atoms with Crippen LogP contribution in [0.25, 0.3) is 11.0 Å². The monoisotopic (exact) mass is 442 g/mol. The normalized spacial score (nSPS) is 11.9. The van der Waals surface area contributed by atoms with Crippen molar-refractivity contribution >= 4 is 22.9 Å². The van der Waals surface area contributed by atoms with Crippen molar-refractivity contribution in [3.8, 4) is 0 Å². The molecule has 170 valence electrons. The fourth-order valence-corrected chi connectivity index (χ4v) is 3.85. The predicted octanol–water partition coefficient (Wildman–Crippen LogP) is 4.10. The van der Waals surface area contributed by atoms with E-state index in [9.17, 15) is 9.90 Å². The lowest BCUT2D eigenvalue weighted by Crippen LogP contribution is -2.35. The predicted molar refractivity (Wildman–Crippen MR) is 132 cm³/mol. The molecule has 0 radical (unpaired) electrons. The Hall–Kier alpha value is -3.64. The molecule has 1 atom stereocenters. The van der Waals surface area contributed by atoms with Crippen LogP contribution in [0.4, 0.5) is 5.95 Å². The molecule has 6 nitrogen and oxygen atoms in total. The number of hydrogen-bond acceptors (Lipinski definition) is 4. The van der Waals surface area contributed by atoms with Gasteiger partial charge in [-0.1, -0.05) is 72.8 Å². The number of anilines is 1. The van der Waals surface area contributed by atoms with Gasteiger partial charge in [-0.15, -0.1) is 0 Å². The Morgan fingerprint density at radius 1 is 0.970 bits per heavy atom. The molecule has 0 saturated heterocycles. The molecule has 0 spiro atoms. The van der Waals surface area contributed by atoms with Crippen LogP contribution in [0.5, 0.6) is 0 Å². The molecule has 3 aromatic carbocycles. The number of rotatable bonds is 10. The average molecular weight is 443 g/mol. The number of nitrogens with zero attached hydrogens (tertiary/aromatic N) is 3. The third-order valence-corrected chi connectivity index (χ3v) is 5.59. The first-order chi connectivity index (χ1) is 16.1. The molecule has 33 heavy (non-hydrogen) atoms. The summed E-state index contributed by atoms with van der Waals surface area (Å²) in [6.07, 6.45) is 0.270. The van der Waals surface area contributed by atoms with Gasteiger partial charge in [0.05, 0.1) is 17.1 Å². The Bertz CT molecular complexity index is 1170. The van der Waals surface area contributed by atoms with Gasteiger partial charge in [-0.25, -0.2) is 4.98 Å². The summed E-state index contributed by atoms with van der Waals surface area (Å²) < 4.78 is 1.90. The molecule has 1 heterocycles. The van der Waals surface area contributed by atoms with Crippen LogP contribution in [-0.2, 0) is 24.3 Å². The van der Waals surface area contributed by atoms with Crippen molar-refractivity contribution in [1.29, 1.82) is 0 Å². The molecule has 0 fully saturated rings. The Balaban J connectivity index is 1.57. The third kappa shape index (κ3) is 5.99. The largest absolute Gasteiger partial charge is 0.392 e. The lowest BCUT2D eigenvalue weighted by Gasteiger charge is -2.24. The van der Waals surface area contributed by atoms with Gasteiger partial charge >= 0.3 is 0 Å². The van der Waals surface area contributed by atoms with Gasteiger partial charge in [-0.3, -0.25) is 4.79 Å². The topological polar surface area (TPSA) is 70.4 Å². The Morgan fingerprint density at radius 3 is 2.30 bits per heavy atom. The van der Waals surface area contributed by atoms with Crippen molar-refractivity contribution in [2.24, 2.45) is 0 Å². The van der Waals surface area contributed by atoms with Gasteiger partial charge in [0.15, 0.2) is 0 Å². The molecular formula is C27H30N4O2. The quantitative estimate of drug-likeness (QED) is 0.388. The maximum absolute atomic E-state index is 13.6. The van der Waals surface area contributed by atoms with Crippen LogP contribution in [0.3, 0.4) is 0 Å². The van der Waals surface area contributed by atoms with Gasteiger partial charge in [-0.05, 0) is 36.6 Å². The van der Waals surface area contributed by atoms with E-state index in [2.05, 4.69) is 22.4 Å². The fourth-order valence-electron chi connectivity index (χ4n) is 3.85. The zero-order chi connectivity index (χ0) is 23.0. The van der Waals surface area contributed by atoms with Gasteiger partial charge in [0.1, 0.15) is 6.54 Å². The zero-order valence-electron chi connectivity index (χ0n) is 18.9.